The Morgan fingerprint density at radius 1 is 1.27 bits per heavy atom. The summed E-state index contributed by atoms with van der Waals surface area (Å²) >= 11 is 0. The molecule has 1 heterocycles. The van der Waals surface area contributed by atoms with Crippen LogP contribution in [0.4, 0.5) is 5.69 Å². The molecule has 0 aromatic heterocycles. The van der Waals surface area contributed by atoms with Crippen LogP contribution in [0.2, 0.25) is 0 Å². The van der Waals surface area contributed by atoms with E-state index in [1.165, 1.54) is 0 Å². The van der Waals surface area contributed by atoms with E-state index < -0.39 is 0 Å². The number of hydrogen-bond donors (Lipinski definition) is 3. The molecule has 0 radical (unpaired) electrons. The van der Waals surface area contributed by atoms with E-state index in [1.807, 2.05) is 39.0 Å². The molecule has 2 amide bonds. The third kappa shape index (κ3) is 4.45. The zero-order valence-corrected chi connectivity index (χ0v) is 14.0. The van der Waals surface area contributed by atoms with Crippen molar-refractivity contribution in [3.8, 4) is 0 Å². The molecular weight excluding hydrogens is 302 g/mol. The minimum atomic E-state index is -0.195. The van der Waals surface area contributed by atoms with Gasteiger partial charge in [0.25, 0.3) is 0 Å². The summed E-state index contributed by atoms with van der Waals surface area (Å²) in [6, 6.07) is 5.86. The van der Waals surface area contributed by atoms with E-state index in [1.54, 1.807) is 0 Å². The van der Waals surface area contributed by atoms with Crippen LogP contribution in [0, 0.1) is 25.7 Å². The van der Waals surface area contributed by atoms with Gasteiger partial charge in [-0.1, -0.05) is 25.1 Å². The van der Waals surface area contributed by atoms with Crippen molar-refractivity contribution in [3.05, 3.63) is 29.3 Å². The second-order valence-corrected chi connectivity index (χ2v) is 5.74. The predicted octanol–water partition coefficient (Wildman–Crippen LogP) is 1.64. The average Bonchev–Trinajstić information content (AvgIpc) is 2.38. The van der Waals surface area contributed by atoms with E-state index >= 15 is 0 Å². The number of hydrogen-bond acceptors (Lipinski definition) is 3. The van der Waals surface area contributed by atoms with Gasteiger partial charge in [-0.3, -0.25) is 9.59 Å². The number of para-hydroxylation sites is 1. The molecule has 0 bridgehead atoms. The smallest absolute Gasteiger partial charge is 0.243 e. The molecule has 0 spiro atoms. The van der Waals surface area contributed by atoms with E-state index in [4.69, 9.17) is 0 Å². The van der Waals surface area contributed by atoms with Crippen LogP contribution in [0.25, 0.3) is 0 Å². The Bertz CT molecular complexity index is 524. The van der Waals surface area contributed by atoms with Crippen LogP contribution in [-0.2, 0) is 9.59 Å². The Labute approximate surface area is 137 Å². The SMILES string of the molecule is Cc1cccc(C)c1NC(=O)CNC(=O)C(C)C1CNC1.Cl. The van der Waals surface area contributed by atoms with E-state index in [9.17, 15) is 9.59 Å². The molecule has 1 aliphatic rings. The molecule has 1 atom stereocenters. The number of halogens is 1. The van der Waals surface area contributed by atoms with Crippen LogP contribution in [0.5, 0.6) is 0 Å². The van der Waals surface area contributed by atoms with Crippen molar-refractivity contribution < 1.29 is 9.59 Å². The lowest BCUT2D eigenvalue weighted by atomic mass is 9.88. The first-order chi connectivity index (χ1) is 9.99. The van der Waals surface area contributed by atoms with Crippen LogP contribution in [-0.4, -0.2) is 31.4 Å². The Kier molecular flexibility index (Phi) is 6.84. The number of rotatable bonds is 5. The fourth-order valence-corrected chi connectivity index (χ4v) is 2.40. The molecule has 1 aromatic rings. The zero-order valence-electron chi connectivity index (χ0n) is 13.2. The van der Waals surface area contributed by atoms with E-state index in [0.717, 1.165) is 29.9 Å². The second-order valence-electron chi connectivity index (χ2n) is 5.74. The molecule has 5 nitrogen and oxygen atoms in total. The van der Waals surface area contributed by atoms with Crippen molar-refractivity contribution in [1.82, 2.24) is 10.6 Å². The predicted molar refractivity (Wildman–Crippen MR) is 90.3 cm³/mol. The first-order valence-corrected chi connectivity index (χ1v) is 7.33. The number of aryl methyl sites for hydroxylation is 2. The zero-order chi connectivity index (χ0) is 15.4. The normalized spacial score (nSPS) is 15.2. The Hall–Kier alpha value is -1.59. The van der Waals surface area contributed by atoms with Gasteiger partial charge in [0.05, 0.1) is 6.54 Å². The highest BCUT2D eigenvalue weighted by Crippen LogP contribution is 2.19. The van der Waals surface area contributed by atoms with E-state index in [2.05, 4.69) is 16.0 Å². The largest absolute Gasteiger partial charge is 0.347 e. The molecule has 1 saturated heterocycles. The molecule has 1 aromatic carbocycles. The maximum atomic E-state index is 12.0. The monoisotopic (exact) mass is 325 g/mol. The van der Waals surface area contributed by atoms with Crippen molar-refractivity contribution >= 4 is 29.9 Å². The van der Waals surface area contributed by atoms with Crippen molar-refractivity contribution in [2.75, 3.05) is 25.0 Å². The van der Waals surface area contributed by atoms with Gasteiger partial charge in [0.1, 0.15) is 0 Å². The van der Waals surface area contributed by atoms with Crippen LogP contribution >= 0.6 is 12.4 Å². The summed E-state index contributed by atoms with van der Waals surface area (Å²) in [4.78, 5) is 23.9. The van der Waals surface area contributed by atoms with E-state index in [-0.39, 0.29) is 36.7 Å². The molecule has 1 fully saturated rings. The molecule has 1 aliphatic heterocycles. The molecular formula is C16H24ClN3O2. The lowest BCUT2D eigenvalue weighted by Crippen LogP contribution is -2.50. The number of amides is 2. The molecule has 1 unspecified atom stereocenters. The highest BCUT2D eigenvalue weighted by atomic mass is 35.5. The molecule has 3 N–H and O–H groups in total. The number of anilines is 1. The van der Waals surface area contributed by atoms with Crippen LogP contribution < -0.4 is 16.0 Å². The third-order valence-corrected chi connectivity index (χ3v) is 4.10. The summed E-state index contributed by atoms with van der Waals surface area (Å²) < 4.78 is 0. The van der Waals surface area contributed by atoms with Gasteiger partial charge in [-0.25, -0.2) is 0 Å². The first kappa shape index (κ1) is 18.5. The first-order valence-electron chi connectivity index (χ1n) is 7.33. The fourth-order valence-electron chi connectivity index (χ4n) is 2.40. The van der Waals surface area contributed by atoms with Crippen LogP contribution in [0.1, 0.15) is 18.1 Å². The van der Waals surface area contributed by atoms with Gasteiger partial charge < -0.3 is 16.0 Å². The maximum absolute atomic E-state index is 12.0. The van der Waals surface area contributed by atoms with Crippen molar-refractivity contribution in [3.63, 3.8) is 0 Å². The highest BCUT2D eigenvalue weighted by Gasteiger charge is 2.28. The topological polar surface area (TPSA) is 70.2 Å². The molecule has 6 heteroatoms. The maximum Gasteiger partial charge on any atom is 0.243 e. The number of carbonyl (C=O) groups is 2. The van der Waals surface area contributed by atoms with Gasteiger partial charge in [0.15, 0.2) is 0 Å². The van der Waals surface area contributed by atoms with E-state index in [0.29, 0.717) is 5.92 Å². The lowest BCUT2D eigenvalue weighted by molar-refractivity contribution is -0.128. The quantitative estimate of drug-likeness (QED) is 0.770. The van der Waals surface area contributed by atoms with Crippen molar-refractivity contribution in [2.24, 2.45) is 11.8 Å². The fraction of sp³-hybridized carbons (Fsp3) is 0.500. The van der Waals surface area contributed by atoms with Crippen molar-refractivity contribution in [2.45, 2.75) is 20.8 Å². The van der Waals surface area contributed by atoms with Gasteiger partial charge in [0, 0.05) is 11.6 Å². The standard InChI is InChI=1S/C16H23N3O2.ClH/c1-10-5-4-6-11(2)15(10)19-14(20)9-18-16(21)12(3)13-7-17-8-13;/h4-6,12-13,17H,7-9H2,1-3H3,(H,18,21)(H,19,20);1H. The number of nitrogens with one attached hydrogen (secondary N) is 3. The third-order valence-electron chi connectivity index (χ3n) is 4.10. The summed E-state index contributed by atoms with van der Waals surface area (Å²) in [6.45, 7) is 7.58. The lowest BCUT2D eigenvalue weighted by Gasteiger charge is -2.31. The minimum Gasteiger partial charge on any atom is -0.347 e. The molecule has 2 rings (SSSR count). The minimum absolute atomic E-state index is 0. The summed E-state index contributed by atoms with van der Waals surface area (Å²) in [6.07, 6.45) is 0. The number of carbonyl (C=O) groups excluding carboxylic acids is 2. The van der Waals surface area contributed by atoms with Gasteiger partial charge in [0.2, 0.25) is 11.8 Å². The Morgan fingerprint density at radius 3 is 2.36 bits per heavy atom. The average molecular weight is 326 g/mol. The van der Waals surface area contributed by atoms with Gasteiger partial charge in [-0.2, -0.15) is 0 Å². The van der Waals surface area contributed by atoms with Crippen LogP contribution in [0.15, 0.2) is 18.2 Å². The highest BCUT2D eigenvalue weighted by molar-refractivity contribution is 5.96. The van der Waals surface area contributed by atoms with Crippen molar-refractivity contribution in [1.29, 1.82) is 0 Å². The Balaban J connectivity index is 0.00000242. The van der Waals surface area contributed by atoms with Gasteiger partial charge >= 0.3 is 0 Å². The summed E-state index contributed by atoms with van der Waals surface area (Å²) in [5.74, 6) is 0.0729. The Morgan fingerprint density at radius 2 is 1.86 bits per heavy atom. The van der Waals surface area contributed by atoms with Gasteiger partial charge in [-0.05, 0) is 44.0 Å². The number of benzene rings is 1. The molecule has 0 aliphatic carbocycles. The summed E-state index contributed by atoms with van der Waals surface area (Å²) in [5.41, 5.74) is 2.86. The molecule has 0 saturated carbocycles. The van der Waals surface area contributed by atoms with Gasteiger partial charge in [-0.15, -0.1) is 12.4 Å². The molecule has 122 valence electrons. The summed E-state index contributed by atoms with van der Waals surface area (Å²) in [5, 5.41) is 8.72. The van der Waals surface area contributed by atoms with Crippen LogP contribution in [0.3, 0.4) is 0 Å². The second kappa shape index (κ2) is 8.15. The summed E-state index contributed by atoms with van der Waals surface area (Å²) in [7, 11) is 0. The molecule has 22 heavy (non-hydrogen) atoms.